The lowest BCUT2D eigenvalue weighted by Gasteiger charge is -1.97. The third-order valence-corrected chi connectivity index (χ3v) is 1.18. The molecule has 0 fully saturated rings. The maximum Gasteiger partial charge on any atom is 0.0887 e. The first kappa shape index (κ1) is 10.4. The lowest BCUT2D eigenvalue weighted by Crippen LogP contribution is -1.93. The Morgan fingerprint density at radius 2 is 2.27 bits per heavy atom. The van der Waals surface area contributed by atoms with Crippen LogP contribution in [-0.4, -0.2) is 11.6 Å². The van der Waals surface area contributed by atoms with Crippen LogP contribution in [0.4, 0.5) is 0 Å². The van der Waals surface area contributed by atoms with Crippen LogP contribution in [0.3, 0.4) is 0 Å². The van der Waals surface area contributed by atoms with Crippen LogP contribution in [0, 0.1) is 0 Å². The molecular weight excluding hydrogens is 162 g/mol. The summed E-state index contributed by atoms with van der Waals surface area (Å²) < 4.78 is 5.16. The number of halogens is 1. The minimum absolute atomic E-state index is 0. The first-order chi connectivity index (χ1) is 4.93. The molecule has 0 aliphatic carbocycles. The van der Waals surface area contributed by atoms with Gasteiger partial charge in [0.15, 0.2) is 0 Å². The van der Waals surface area contributed by atoms with E-state index in [2.05, 4.69) is 4.98 Å². The Morgan fingerprint density at radius 1 is 1.45 bits per heavy atom. The molecule has 0 aliphatic rings. The Hall–Kier alpha value is -0.600. The van der Waals surface area contributed by atoms with Gasteiger partial charge in [-0.2, -0.15) is 0 Å². The fourth-order valence-electron chi connectivity index (χ4n) is 0.690. The number of hydrogen-bond donors (Lipinski definition) is 0. The highest BCUT2D eigenvalue weighted by Crippen LogP contribution is 1.94. The Bertz CT molecular complexity index is 179. The lowest BCUT2D eigenvalue weighted by atomic mass is 10.4. The second kappa shape index (κ2) is 6.13. The Kier molecular flexibility index (Phi) is 5.80. The average molecular weight is 174 g/mol. The average Bonchev–Trinajstić information content (AvgIpc) is 2.03. The Morgan fingerprint density at radius 3 is 2.82 bits per heavy atom. The smallest absolute Gasteiger partial charge is 0.0887 e. The van der Waals surface area contributed by atoms with Gasteiger partial charge in [0.2, 0.25) is 0 Å². The van der Waals surface area contributed by atoms with Gasteiger partial charge in [0.1, 0.15) is 0 Å². The van der Waals surface area contributed by atoms with Gasteiger partial charge in [-0.3, -0.25) is 4.98 Å². The van der Waals surface area contributed by atoms with Gasteiger partial charge >= 0.3 is 0 Å². The first-order valence-electron chi connectivity index (χ1n) is 3.41. The van der Waals surface area contributed by atoms with Crippen LogP contribution < -0.4 is 0 Å². The molecule has 0 aromatic carbocycles. The van der Waals surface area contributed by atoms with Crippen molar-refractivity contribution in [3.05, 3.63) is 30.1 Å². The maximum absolute atomic E-state index is 5.16. The third kappa shape index (κ3) is 3.96. The maximum atomic E-state index is 5.16. The minimum Gasteiger partial charge on any atom is -0.375 e. The number of rotatable bonds is 3. The van der Waals surface area contributed by atoms with E-state index in [1.54, 1.807) is 6.20 Å². The van der Waals surface area contributed by atoms with Crippen LogP contribution in [0.2, 0.25) is 0 Å². The topological polar surface area (TPSA) is 22.1 Å². The standard InChI is InChI=1S/C8H11NO.ClH/c1-2-10-7-8-5-3-4-6-9-8;/h3-6H,2,7H2,1H3;1H. The summed E-state index contributed by atoms with van der Waals surface area (Å²) in [5.74, 6) is 0. The second-order valence-electron chi connectivity index (χ2n) is 1.96. The summed E-state index contributed by atoms with van der Waals surface area (Å²) >= 11 is 0. The van der Waals surface area contributed by atoms with Gasteiger partial charge in [-0.1, -0.05) is 6.07 Å². The first-order valence-corrected chi connectivity index (χ1v) is 3.41. The fourth-order valence-corrected chi connectivity index (χ4v) is 0.690. The summed E-state index contributed by atoms with van der Waals surface area (Å²) in [5.41, 5.74) is 0.990. The third-order valence-electron chi connectivity index (χ3n) is 1.18. The van der Waals surface area contributed by atoms with Gasteiger partial charge in [-0.15, -0.1) is 12.4 Å². The normalized spacial score (nSPS) is 8.82. The SMILES string of the molecule is CCOCc1ccccn1.Cl. The largest absolute Gasteiger partial charge is 0.375 e. The predicted molar refractivity (Wildman–Crippen MR) is 46.8 cm³/mol. The molecule has 1 heterocycles. The molecule has 1 aromatic heterocycles. The Balaban J connectivity index is 0.000001000. The van der Waals surface area contributed by atoms with Crippen LogP contribution >= 0.6 is 12.4 Å². The van der Waals surface area contributed by atoms with Gasteiger partial charge in [0, 0.05) is 12.8 Å². The zero-order valence-corrected chi connectivity index (χ0v) is 7.30. The highest BCUT2D eigenvalue weighted by Gasteiger charge is 1.88. The van der Waals surface area contributed by atoms with Gasteiger partial charge < -0.3 is 4.74 Å². The highest BCUT2D eigenvalue weighted by molar-refractivity contribution is 5.85. The molecule has 0 spiro atoms. The summed E-state index contributed by atoms with van der Waals surface area (Å²) in [6.07, 6.45) is 1.77. The zero-order chi connectivity index (χ0) is 7.23. The van der Waals surface area contributed by atoms with Crippen molar-refractivity contribution in [2.24, 2.45) is 0 Å². The quantitative estimate of drug-likeness (QED) is 0.698. The van der Waals surface area contributed by atoms with Crippen molar-refractivity contribution in [1.29, 1.82) is 0 Å². The van der Waals surface area contributed by atoms with E-state index < -0.39 is 0 Å². The van der Waals surface area contributed by atoms with E-state index in [-0.39, 0.29) is 12.4 Å². The molecule has 0 atom stereocenters. The monoisotopic (exact) mass is 173 g/mol. The molecule has 0 saturated heterocycles. The van der Waals surface area contributed by atoms with Crippen molar-refractivity contribution in [1.82, 2.24) is 4.98 Å². The van der Waals surface area contributed by atoms with Crippen molar-refractivity contribution in [2.75, 3.05) is 6.61 Å². The number of nitrogens with zero attached hydrogens (tertiary/aromatic N) is 1. The van der Waals surface area contributed by atoms with Crippen molar-refractivity contribution in [2.45, 2.75) is 13.5 Å². The zero-order valence-electron chi connectivity index (χ0n) is 6.49. The fraction of sp³-hybridized carbons (Fsp3) is 0.375. The van der Waals surface area contributed by atoms with Gasteiger partial charge in [0.25, 0.3) is 0 Å². The van der Waals surface area contributed by atoms with Gasteiger partial charge in [0.05, 0.1) is 12.3 Å². The summed E-state index contributed by atoms with van der Waals surface area (Å²) in [5, 5.41) is 0. The second-order valence-corrected chi connectivity index (χ2v) is 1.96. The van der Waals surface area contributed by atoms with E-state index in [0.29, 0.717) is 6.61 Å². The van der Waals surface area contributed by atoms with Crippen molar-refractivity contribution < 1.29 is 4.74 Å². The number of ether oxygens (including phenoxy) is 1. The van der Waals surface area contributed by atoms with Crippen LogP contribution in [0.25, 0.3) is 0 Å². The molecule has 0 radical (unpaired) electrons. The summed E-state index contributed by atoms with van der Waals surface area (Å²) in [7, 11) is 0. The number of hydrogen-bond acceptors (Lipinski definition) is 2. The van der Waals surface area contributed by atoms with E-state index in [0.717, 1.165) is 12.3 Å². The Labute approximate surface area is 73.0 Å². The van der Waals surface area contributed by atoms with Crippen molar-refractivity contribution in [3.63, 3.8) is 0 Å². The summed E-state index contributed by atoms with van der Waals surface area (Å²) in [4.78, 5) is 4.09. The molecule has 0 aliphatic heterocycles. The van der Waals surface area contributed by atoms with E-state index >= 15 is 0 Å². The summed E-state index contributed by atoms with van der Waals surface area (Å²) in [6, 6.07) is 5.81. The molecule has 1 rings (SSSR count). The van der Waals surface area contributed by atoms with Crippen LogP contribution in [0.1, 0.15) is 12.6 Å². The van der Waals surface area contributed by atoms with E-state index in [9.17, 15) is 0 Å². The molecule has 1 aromatic rings. The van der Waals surface area contributed by atoms with Crippen LogP contribution in [-0.2, 0) is 11.3 Å². The number of pyridine rings is 1. The summed E-state index contributed by atoms with van der Waals surface area (Å²) in [6.45, 7) is 3.34. The van der Waals surface area contributed by atoms with Gasteiger partial charge in [-0.25, -0.2) is 0 Å². The number of aromatic nitrogens is 1. The molecule has 2 nitrogen and oxygen atoms in total. The molecule has 0 unspecified atom stereocenters. The van der Waals surface area contributed by atoms with Gasteiger partial charge in [-0.05, 0) is 19.1 Å². The van der Waals surface area contributed by atoms with E-state index in [1.807, 2.05) is 25.1 Å². The molecule has 0 N–H and O–H groups in total. The molecular formula is C8H12ClNO. The molecule has 0 bridgehead atoms. The van der Waals surface area contributed by atoms with E-state index in [4.69, 9.17) is 4.74 Å². The highest BCUT2D eigenvalue weighted by atomic mass is 35.5. The predicted octanol–water partition coefficient (Wildman–Crippen LogP) is 2.04. The minimum atomic E-state index is 0. The molecule has 0 saturated carbocycles. The van der Waals surface area contributed by atoms with Crippen LogP contribution in [0.5, 0.6) is 0 Å². The molecule has 62 valence electrons. The molecule has 11 heavy (non-hydrogen) atoms. The molecule has 0 amide bonds. The van der Waals surface area contributed by atoms with Crippen LogP contribution in [0.15, 0.2) is 24.4 Å². The van der Waals surface area contributed by atoms with Crippen molar-refractivity contribution >= 4 is 12.4 Å². The molecule has 3 heteroatoms. The lowest BCUT2D eigenvalue weighted by molar-refractivity contribution is 0.131. The van der Waals surface area contributed by atoms with Crippen molar-refractivity contribution in [3.8, 4) is 0 Å². The van der Waals surface area contributed by atoms with E-state index in [1.165, 1.54) is 0 Å².